The van der Waals surface area contributed by atoms with Crippen molar-refractivity contribution in [2.24, 2.45) is 0 Å². The van der Waals surface area contributed by atoms with Gasteiger partial charge in [0.2, 0.25) is 0 Å². The molecule has 1 amide bonds. The van der Waals surface area contributed by atoms with Crippen LogP contribution in [0.5, 0.6) is 0 Å². The lowest BCUT2D eigenvalue weighted by molar-refractivity contribution is 0.0146. The summed E-state index contributed by atoms with van der Waals surface area (Å²) in [6.07, 6.45) is 3.46. The Balaban J connectivity index is 1.60. The van der Waals surface area contributed by atoms with Gasteiger partial charge < -0.3 is 15.0 Å². The van der Waals surface area contributed by atoms with Gasteiger partial charge in [-0.05, 0) is 32.4 Å². The van der Waals surface area contributed by atoms with E-state index in [0.29, 0.717) is 0 Å². The Morgan fingerprint density at radius 3 is 2.65 bits per heavy atom. The largest absolute Gasteiger partial charge is 0.444 e. The maximum Gasteiger partial charge on any atom is 0.410 e. The van der Waals surface area contributed by atoms with Gasteiger partial charge >= 0.3 is 6.09 Å². The maximum atomic E-state index is 12.0. The SMILES string of the molecule is CC(C)(C)OC(=O)N1CCN(CCNCc2cccnc2)CC1. The highest BCUT2D eigenvalue weighted by molar-refractivity contribution is 5.68. The third kappa shape index (κ3) is 6.54. The molecule has 2 rings (SSSR count). The Bertz CT molecular complexity index is 479. The number of amides is 1. The summed E-state index contributed by atoms with van der Waals surface area (Å²) in [5.74, 6) is 0. The summed E-state index contributed by atoms with van der Waals surface area (Å²) in [6, 6.07) is 4.02. The summed E-state index contributed by atoms with van der Waals surface area (Å²) in [7, 11) is 0. The lowest BCUT2D eigenvalue weighted by atomic mass is 10.2. The first-order valence-electron chi connectivity index (χ1n) is 8.24. The molecule has 128 valence electrons. The molecule has 0 spiro atoms. The quantitative estimate of drug-likeness (QED) is 0.837. The average molecular weight is 320 g/mol. The first kappa shape index (κ1) is 17.7. The number of rotatable bonds is 5. The lowest BCUT2D eigenvalue weighted by Gasteiger charge is -2.35. The van der Waals surface area contributed by atoms with E-state index < -0.39 is 5.60 Å². The van der Waals surface area contributed by atoms with Gasteiger partial charge in [0, 0.05) is 58.2 Å². The fourth-order valence-electron chi connectivity index (χ4n) is 2.45. The van der Waals surface area contributed by atoms with Gasteiger partial charge in [-0.3, -0.25) is 9.88 Å². The molecule has 0 aromatic carbocycles. The van der Waals surface area contributed by atoms with E-state index in [1.165, 1.54) is 5.56 Å². The number of aromatic nitrogens is 1. The molecule has 0 bridgehead atoms. The molecule has 6 heteroatoms. The Morgan fingerprint density at radius 1 is 1.30 bits per heavy atom. The second-order valence-electron chi connectivity index (χ2n) is 6.85. The van der Waals surface area contributed by atoms with Crippen LogP contribution in [0.25, 0.3) is 0 Å². The summed E-state index contributed by atoms with van der Waals surface area (Å²) in [5, 5.41) is 3.43. The predicted octanol–water partition coefficient (Wildman–Crippen LogP) is 1.72. The third-order valence-electron chi connectivity index (χ3n) is 3.68. The molecule has 1 aliphatic heterocycles. The smallest absolute Gasteiger partial charge is 0.410 e. The van der Waals surface area contributed by atoms with Crippen LogP contribution in [0.4, 0.5) is 4.79 Å². The van der Waals surface area contributed by atoms with Crippen molar-refractivity contribution in [3.8, 4) is 0 Å². The summed E-state index contributed by atoms with van der Waals surface area (Å²) in [4.78, 5) is 20.3. The number of hydrogen-bond acceptors (Lipinski definition) is 5. The van der Waals surface area contributed by atoms with Crippen LogP contribution in [0.2, 0.25) is 0 Å². The Labute approximate surface area is 138 Å². The van der Waals surface area contributed by atoms with Gasteiger partial charge in [0.05, 0.1) is 0 Å². The lowest BCUT2D eigenvalue weighted by Crippen LogP contribution is -2.51. The van der Waals surface area contributed by atoms with Crippen LogP contribution >= 0.6 is 0 Å². The van der Waals surface area contributed by atoms with Crippen LogP contribution in [-0.4, -0.2) is 65.7 Å². The first-order chi connectivity index (χ1) is 10.9. The van der Waals surface area contributed by atoms with Crippen molar-refractivity contribution in [2.75, 3.05) is 39.3 Å². The van der Waals surface area contributed by atoms with Gasteiger partial charge in [0.15, 0.2) is 0 Å². The van der Waals surface area contributed by atoms with E-state index in [1.54, 1.807) is 11.1 Å². The van der Waals surface area contributed by atoms with E-state index >= 15 is 0 Å². The number of carbonyl (C=O) groups excluding carboxylic acids is 1. The molecule has 1 fully saturated rings. The molecule has 1 N–H and O–H groups in total. The number of piperazine rings is 1. The van der Waals surface area contributed by atoms with Crippen molar-refractivity contribution in [3.05, 3.63) is 30.1 Å². The highest BCUT2D eigenvalue weighted by atomic mass is 16.6. The number of nitrogens with one attached hydrogen (secondary N) is 1. The van der Waals surface area contributed by atoms with E-state index in [-0.39, 0.29) is 6.09 Å². The van der Waals surface area contributed by atoms with Crippen LogP contribution in [0.1, 0.15) is 26.3 Å². The Morgan fingerprint density at radius 2 is 2.04 bits per heavy atom. The summed E-state index contributed by atoms with van der Waals surface area (Å²) >= 11 is 0. The molecule has 1 saturated heterocycles. The molecule has 0 aliphatic carbocycles. The van der Waals surface area contributed by atoms with E-state index in [9.17, 15) is 4.79 Å². The van der Waals surface area contributed by atoms with Gasteiger partial charge in [-0.1, -0.05) is 6.07 Å². The number of carbonyl (C=O) groups is 1. The van der Waals surface area contributed by atoms with E-state index in [4.69, 9.17) is 4.74 Å². The molecule has 0 atom stereocenters. The fraction of sp³-hybridized carbons (Fsp3) is 0.647. The molecule has 0 unspecified atom stereocenters. The van der Waals surface area contributed by atoms with Crippen LogP contribution in [0.15, 0.2) is 24.5 Å². The van der Waals surface area contributed by atoms with Crippen molar-refractivity contribution < 1.29 is 9.53 Å². The van der Waals surface area contributed by atoms with Crippen molar-refractivity contribution in [1.29, 1.82) is 0 Å². The monoisotopic (exact) mass is 320 g/mol. The van der Waals surface area contributed by atoms with E-state index in [2.05, 4.69) is 21.3 Å². The molecule has 1 aromatic rings. The molecule has 2 heterocycles. The zero-order valence-corrected chi connectivity index (χ0v) is 14.4. The van der Waals surface area contributed by atoms with E-state index in [1.807, 2.05) is 33.0 Å². The van der Waals surface area contributed by atoms with Gasteiger partial charge in [-0.15, -0.1) is 0 Å². The topological polar surface area (TPSA) is 57.7 Å². The standard InChI is InChI=1S/C17H28N4O2/c1-17(2,3)23-16(22)21-11-9-20(10-12-21)8-7-19-14-15-5-4-6-18-13-15/h4-6,13,19H,7-12,14H2,1-3H3. The minimum absolute atomic E-state index is 0.202. The molecule has 0 radical (unpaired) electrons. The van der Waals surface area contributed by atoms with Crippen LogP contribution in [-0.2, 0) is 11.3 Å². The van der Waals surface area contributed by atoms with Crippen LogP contribution in [0, 0.1) is 0 Å². The summed E-state index contributed by atoms with van der Waals surface area (Å²) in [6.45, 7) is 11.7. The minimum atomic E-state index is -0.426. The number of pyridine rings is 1. The second kappa shape index (κ2) is 8.26. The van der Waals surface area contributed by atoms with Gasteiger partial charge in [0.1, 0.15) is 5.60 Å². The Hall–Kier alpha value is -1.66. The minimum Gasteiger partial charge on any atom is -0.444 e. The molecule has 1 aromatic heterocycles. The molecule has 6 nitrogen and oxygen atoms in total. The third-order valence-corrected chi connectivity index (χ3v) is 3.68. The van der Waals surface area contributed by atoms with Crippen molar-refractivity contribution in [3.63, 3.8) is 0 Å². The summed E-state index contributed by atoms with van der Waals surface area (Å²) < 4.78 is 5.41. The van der Waals surface area contributed by atoms with Gasteiger partial charge in [-0.2, -0.15) is 0 Å². The number of nitrogens with zero attached hydrogens (tertiary/aromatic N) is 3. The molecule has 0 saturated carbocycles. The second-order valence-corrected chi connectivity index (χ2v) is 6.85. The van der Waals surface area contributed by atoms with Gasteiger partial charge in [-0.25, -0.2) is 4.79 Å². The first-order valence-corrected chi connectivity index (χ1v) is 8.24. The van der Waals surface area contributed by atoms with Gasteiger partial charge in [0.25, 0.3) is 0 Å². The Kier molecular flexibility index (Phi) is 6.36. The molecular formula is C17H28N4O2. The van der Waals surface area contributed by atoms with Crippen LogP contribution < -0.4 is 5.32 Å². The fourth-order valence-corrected chi connectivity index (χ4v) is 2.45. The normalized spacial score (nSPS) is 16.4. The predicted molar refractivity (Wildman–Crippen MR) is 90.2 cm³/mol. The zero-order chi connectivity index (χ0) is 16.7. The van der Waals surface area contributed by atoms with Crippen molar-refractivity contribution in [2.45, 2.75) is 32.9 Å². The van der Waals surface area contributed by atoms with E-state index in [0.717, 1.165) is 45.8 Å². The molecule has 23 heavy (non-hydrogen) atoms. The van der Waals surface area contributed by atoms with Crippen molar-refractivity contribution in [1.82, 2.24) is 20.1 Å². The molecule has 1 aliphatic rings. The molecular weight excluding hydrogens is 292 g/mol. The zero-order valence-electron chi connectivity index (χ0n) is 14.4. The number of ether oxygens (including phenoxy) is 1. The highest BCUT2D eigenvalue weighted by Crippen LogP contribution is 2.11. The average Bonchev–Trinajstić information content (AvgIpc) is 2.51. The van der Waals surface area contributed by atoms with Crippen molar-refractivity contribution >= 4 is 6.09 Å². The highest BCUT2D eigenvalue weighted by Gasteiger charge is 2.25. The maximum absolute atomic E-state index is 12.0. The number of hydrogen-bond donors (Lipinski definition) is 1. The van der Waals surface area contributed by atoms with Crippen LogP contribution in [0.3, 0.4) is 0 Å². The summed E-state index contributed by atoms with van der Waals surface area (Å²) in [5.41, 5.74) is 0.770.